The average molecular weight is 364 g/mol. The smallest absolute Gasteiger partial charge is 0.265 e. The maximum atomic E-state index is 12.7. The van der Waals surface area contributed by atoms with Crippen molar-refractivity contribution in [3.8, 4) is 5.75 Å². The number of anilines is 1. The highest BCUT2D eigenvalue weighted by atomic mass is 16.5. The van der Waals surface area contributed by atoms with E-state index in [1.807, 2.05) is 18.2 Å². The van der Waals surface area contributed by atoms with Crippen molar-refractivity contribution in [3.63, 3.8) is 0 Å². The SMILES string of the molecule is CC(C)CN1C(=O)COc2cc(C(=O)NC3Cc4ccccc4C3)ccc21. The molecular weight excluding hydrogens is 340 g/mol. The van der Waals surface area contributed by atoms with Crippen molar-refractivity contribution >= 4 is 17.5 Å². The first-order valence-electron chi connectivity index (χ1n) is 9.46. The Morgan fingerprint density at radius 3 is 2.56 bits per heavy atom. The summed E-state index contributed by atoms with van der Waals surface area (Å²) in [4.78, 5) is 26.6. The molecule has 2 aromatic rings. The molecule has 0 atom stereocenters. The highest BCUT2D eigenvalue weighted by Crippen LogP contribution is 2.33. The van der Waals surface area contributed by atoms with Gasteiger partial charge in [0.25, 0.3) is 11.8 Å². The number of amides is 2. The van der Waals surface area contributed by atoms with Crippen LogP contribution in [0, 0.1) is 5.92 Å². The fourth-order valence-corrected chi connectivity index (χ4v) is 3.84. The number of hydrogen-bond donors (Lipinski definition) is 1. The van der Waals surface area contributed by atoms with Crippen molar-refractivity contribution in [1.29, 1.82) is 0 Å². The Balaban J connectivity index is 1.49. The number of carbonyl (C=O) groups excluding carboxylic acids is 2. The van der Waals surface area contributed by atoms with E-state index in [4.69, 9.17) is 4.74 Å². The number of nitrogens with zero attached hydrogens (tertiary/aromatic N) is 1. The van der Waals surface area contributed by atoms with Crippen LogP contribution in [0.15, 0.2) is 42.5 Å². The van der Waals surface area contributed by atoms with Gasteiger partial charge in [-0.25, -0.2) is 0 Å². The van der Waals surface area contributed by atoms with Crippen molar-refractivity contribution in [3.05, 3.63) is 59.2 Å². The summed E-state index contributed by atoms with van der Waals surface area (Å²) in [6, 6.07) is 13.8. The van der Waals surface area contributed by atoms with Crippen LogP contribution in [-0.4, -0.2) is 31.0 Å². The van der Waals surface area contributed by atoms with Crippen LogP contribution in [0.2, 0.25) is 0 Å². The van der Waals surface area contributed by atoms with E-state index >= 15 is 0 Å². The Morgan fingerprint density at radius 2 is 1.89 bits per heavy atom. The van der Waals surface area contributed by atoms with Crippen LogP contribution in [0.25, 0.3) is 0 Å². The summed E-state index contributed by atoms with van der Waals surface area (Å²) in [5.74, 6) is 0.799. The van der Waals surface area contributed by atoms with Crippen LogP contribution in [0.4, 0.5) is 5.69 Å². The van der Waals surface area contributed by atoms with E-state index in [2.05, 4.69) is 31.3 Å². The average Bonchev–Trinajstić information content (AvgIpc) is 3.05. The largest absolute Gasteiger partial charge is 0.482 e. The van der Waals surface area contributed by atoms with Crippen molar-refractivity contribution in [2.75, 3.05) is 18.1 Å². The molecule has 4 rings (SSSR count). The molecular formula is C22H24N2O3. The molecule has 2 aliphatic rings. The normalized spacial score (nSPS) is 16.1. The summed E-state index contributed by atoms with van der Waals surface area (Å²) >= 11 is 0. The molecule has 1 heterocycles. The molecule has 1 aliphatic carbocycles. The van der Waals surface area contributed by atoms with Crippen LogP contribution < -0.4 is 15.0 Å². The molecule has 0 radical (unpaired) electrons. The molecule has 140 valence electrons. The number of hydrogen-bond acceptors (Lipinski definition) is 3. The third-order valence-corrected chi connectivity index (χ3v) is 5.10. The Bertz CT molecular complexity index is 866. The summed E-state index contributed by atoms with van der Waals surface area (Å²) in [6.45, 7) is 4.80. The zero-order chi connectivity index (χ0) is 19.0. The predicted octanol–water partition coefficient (Wildman–Crippen LogP) is 2.97. The molecule has 0 saturated carbocycles. The standard InChI is InChI=1S/C22H24N2O3/c1-14(2)12-24-19-8-7-17(11-20(19)27-13-21(24)25)22(26)23-18-9-15-5-3-4-6-16(15)10-18/h3-8,11,14,18H,9-10,12-13H2,1-2H3,(H,23,26). The maximum absolute atomic E-state index is 12.7. The van der Waals surface area contributed by atoms with Gasteiger partial charge in [0, 0.05) is 18.2 Å². The second-order valence-electron chi connectivity index (χ2n) is 7.72. The lowest BCUT2D eigenvalue weighted by Crippen LogP contribution is -2.41. The van der Waals surface area contributed by atoms with Crippen molar-refractivity contribution in [1.82, 2.24) is 5.32 Å². The molecule has 0 unspecified atom stereocenters. The summed E-state index contributed by atoms with van der Waals surface area (Å²) in [6.07, 6.45) is 1.72. The number of carbonyl (C=O) groups is 2. The number of rotatable bonds is 4. The van der Waals surface area contributed by atoms with E-state index in [1.54, 1.807) is 17.0 Å². The van der Waals surface area contributed by atoms with Crippen LogP contribution in [-0.2, 0) is 17.6 Å². The Labute approximate surface area is 159 Å². The first-order valence-corrected chi connectivity index (χ1v) is 9.46. The topological polar surface area (TPSA) is 58.6 Å². The first-order chi connectivity index (χ1) is 13.0. The first kappa shape index (κ1) is 17.6. The third-order valence-electron chi connectivity index (χ3n) is 5.10. The van der Waals surface area contributed by atoms with Crippen LogP contribution in [0.3, 0.4) is 0 Å². The quantitative estimate of drug-likeness (QED) is 0.907. The molecule has 1 aliphatic heterocycles. The molecule has 0 spiro atoms. The summed E-state index contributed by atoms with van der Waals surface area (Å²) in [5.41, 5.74) is 3.91. The second-order valence-corrected chi connectivity index (χ2v) is 7.72. The van der Waals surface area contributed by atoms with Gasteiger partial charge in [0.1, 0.15) is 5.75 Å². The third kappa shape index (κ3) is 3.54. The van der Waals surface area contributed by atoms with Gasteiger partial charge in [0.2, 0.25) is 0 Å². The highest BCUT2D eigenvalue weighted by molar-refractivity contribution is 6.00. The van der Waals surface area contributed by atoms with E-state index in [0.717, 1.165) is 18.5 Å². The van der Waals surface area contributed by atoms with E-state index < -0.39 is 0 Å². The lowest BCUT2D eigenvalue weighted by molar-refractivity contribution is -0.121. The van der Waals surface area contributed by atoms with Gasteiger partial charge >= 0.3 is 0 Å². The minimum Gasteiger partial charge on any atom is -0.482 e. The lowest BCUT2D eigenvalue weighted by Gasteiger charge is -2.31. The number of nitrogens with one attached hydrogen (secondary N) is 1. The molecule has 1 N–H and O–H groups in total. The minimum atomic E-state index is -0.105. The van der Waals surface area contributed by atoms with E-state index in [1.165, 1.54) is 11.1 Å². The zero-order valence-electron chi connectivity index (χ0n) is 15.7. The zero-order valence-corrected chi connectivity index (χ0v) is 15.7. The number of benzene rings is 2. The summed E-state index contributed by atoms with van der Waals surface area (Å²) in [7, 11) is 0. The van der Waals surface area contributed by atoms with Gasteiger partial charge in [-0.3, -0.25) is 9.59 Å². The predicted molar refractivity (Wildman–Crippen MR) is 104 cm³/mol. The van der Waals surface area contributed by atoms with Gasteiger partial charge in [0.15, 0.2) is 6.61 Å². The fourth-order valence-electron chi connectivity index (χ4n) is 3.84. The van der Waals surface area contributed by atoms with Crippen molar-refractivity contribution < 1.29 is 14.3 Å². The maximum Gasteiger partial charge on any atom is 0.265 e. The monoisotopic (exact) mass is 364 g/mol. The molecule has 5 nitrogen and oxygen atoms in total. The summed E-state index contributed by atoms with van der Waals surface area (Å²) < 4.78 is 5.59. The minimum absolute atomic E-state index is 0.0166. The molecule has 2 amide bonds. The van der Waals surface area contributed by atoms with Gasteiger partial charge in [-0.2, -0.15) is 0 Å². The molecule has 27 heavy (non-hydrogen) atoms. The molecule has 0 saturated heterocycles. The van der Waals surface area contributed by atoms with Gasteiger partial charge in [0.05, 0.1) is 5.69 Å². The van der Waals surface area contributed by atoms with Crippen molar-refractivity contribution in [2.45, 2.75) is 32.7 Å². The molecule has 0 fully saturated rings. The van der Waals surface area contributed by atoms with E-state index in [9.17, 15) is 9.59 Å². The summed E-state index contributed by atoms with van der Waals surface area (Å²) in [5, 5.41) is 3.13. The second kappa shape index (κ2) is 7.06. The van der Waals surface area contributed by atoms with Crippen molar-refractivity contribution in [2.24, 2.45) is 5.92 Å². The van der Waals surface area contributed by atoms with Gasteiger partial charge in [-0.05, 0) is 48.1 Å². The van der Waals surface area contributed by atoms with E-state index in [0.29, 0.717) is 23.8 Å². The van der Waals surface area contributed by atoms with E-state index in [-0.39, 0.29) is 24.5 Å². The van der Waals surface area contributed by atoms with Gasteiger partial charge in [-0.15, -0.1) is 0 Å². The highest BCUT2D eigenvalue weighted by Gasteiger charge is 2.28. The Hall–Kier alpha value is -2.82. The molecule has 5 heteroatoms. The van der Waals surface area contributed by atoms with Crippen LogP contribution >= 0.6 is 0 Å². The Kier molecular flexibility index (Phi) is 4.60. The lowest BCUT2D eigenvalue weighted by atomic mass is 10.1. The number of ether oxygens (including phenoxy) is 1. The molecule has 0 bridgehead atoms. The number of fused-ring (bicyclic) bond motifs is 2. The molecule has 2 aromatic carbocycles. The van der Waals surface area contributed by atoms with Gasteiger partial charge < -0.3 is 15.0 Å². The van der Waals surface area contributed by atoms with Gasteiger partial charge in [-0.1, -0.05) is 38.1 Å². The van der Waals surface area contributed by atoms with Crippen LogP contribution in [0.1, 0.15) is 35.3 Å². The fraction of sp³-hybridized carbons (Fsp3) is 0.364. The van der Waals surface area contributed by atoms with Crippen LogP contribution in [0.5, 0.6) is 5.75 Å². The Morgan fingerprint density at radius 1 is 1.19 bits per heavy atom. The molecule has 0 aromatic heterocycles.